The summed E-state index contributed by atoms with van der Waals surface area (Å²) in [6.45, 7) is 6.43. The van der Waals surface area contributed by atoms with E-state index < -0.39 is 0 Å². The average Bonchev–Trinajstić information content (AvgIpc) is 3.09. The quantitative estimate of drug-likeness (QED) is 0.557. The summed E-state index contributed by atoms with van der Waals surface area (Å²) in [7, 11) is 0. The molecule has 1 fully saturated rings. The number of nitrogens with zero attached hydrogens (tertiary/aromatic N) is 3. The number of carbonyl (C=O) groups is 2. The van der Waals surface area contributed by atoms with Crippen molar-refractivity contribution in [2.24, 2.45) is 0 Å². The monoisotopic (exact) mass is 487 g/mol. The Balaban J connectivity index is 1.23. The van der Waals surface area contributed by atoms with Crippen molar-refractivity contribution in [1.82, 2.24) is 20.2 Å². The number of aromatic amines is 1. The zero-order valence-corrected chi connectivity index (χ0v) is 20.2. The number of amides is 2. The van der Waals surface area contributed by atoms with E-state index in [0.717, 1.165) is 16.1 Å². The zero-order valence-electron chi connectivity index (χ0n) is 18.6. The minimum absolute atomic E-state index is 0.0394. The lowest BCUT2D eigenvalue weighted by molar-refractivity contribution is -0.133. The van der Waals surface area contributed by atoms with Crippen molar-refractivity contribution < 1.29 is 9.59 Å². The third-order valence-corrected chi connectivity index (χ3v) is 7.26. The summed E-state index contributed by atoms with van der Waals surface area (Å²) in [6.07, 6.45) is 0.452. The summed E-state index contributed by atoms with van der Waals surface area (Å²) < 4.78 is 0. The van der Waals surface area contributed by atoms with Crippen molar-refractivity contribution in [2.75, 3.05) is 37.6 Å². The number of hydrogen-bond acceptors (Lipinski definition) is 6. The van der Waals surface area contributed by atoms with E-state index in [-0.39, 0.29) is 30.3 Å². The van der Waals surface area contributed by atoms with E-state index in [4.69, 9.17) is 11.6 Å². The second-order valence-electron chi connectivity index (χ2n) is 8.10. The number of nitrogens with one attached hydrogen (secondary N) is 2. The lowest BCUT2D eigenvalue weighted by atomic mass is 10.2. The predicted molar refractivity (Wildman–Crippen MR) is 131 cm³/mol. The molecule has 0 aliphatic carbocycles. The highest BCUT2D eigenvalue weighted by atomic mass is 35.5. The first-order valence-corrected chi connectivity index (χ1v) is 12.0. The van der Waals surface area contributed by atoms with Gasteiger partial charge in [-0.2, -0.15) is 0 Å². The molecule has 3 heterocycles. The van der Waals surface area contributed by atoms with E-state index in [1.165, 1.54) is 11.3 Å². The van der Waals surface area contributed by atoms with Crippen molar-refractivity contribution >= 4 is 50.7 Å². The lowest BCUT2D eigenvalue weighted by Crippen LogP contribution is -2.51. The second-order valence-corrected chi connectivity index (χ2v) is 9.74. The molecule has 3 aromatic rings. The van der Waals surface area contributed by atoms with Gasteiger partial charge in [-0.1, -0.05) is 17.7 Å². The molecule has 0 saturated carbocycles. The van der Waals surface area contributed by atoms with Crippen LogP contribution in [0.3, 0.4) is 0 Å². The third-order valence-electron chi connectivity index (χ3n) is 5.92. The van der Waals surface area contributed by atoms with Gasteiger partial charge in [0.1, 0.15) is 10.7 Å². The summed E-state index contributed by atoms with van der Waals surface area (Å²) in [6, 6.07) is 7.67. The van der Waals surface area contributed by atoms with Gasteiger partial charge in [-0.15, -0.1) is 11.3 Å². The predicted octanol–water partition coefficient (Wildman–Crippen LogP) is 2.65. The molecule has 2 N–H and O–H groups in total. The fourth-order valence-electron chi connectivity index (χ4n) is 3.91. The third kappa shape index (κ3) is 5.36. The number of rotatable bonds is 6. The first kappa shape index (κ1) is 23.3. The summed E-state index contributed by atoms with van der Waals surface area (Å²) in [5.74, 6) is 0.126. The van der Waals surface area contributed by atoms with Crippen molar-refractivity contribution in [2.45, 2.75) is 26.7 Å². The fraction of sp³-hybridized carbons (Fsp3) is 0.391. The number of piperazine rings is 1. The van der Waals surface area contributed by atoms with Crippen molar-refractivity contribution in [1.29, 1.82) is 0 Å². The van der Waals surface area contributed by atoms with Crippen LogP contribution in [0.2, 0.25) is 5.02 Å². The van der Waals surface area contributed by atoms with Gasteiger partial charge < -0.3 is 20.1 Å². The number of H-pyrrole nitrogens is 1. The first-order valence-electron chi connectivity index (χ1n) is 10.9. The van der Waals surface area contributed by atoms with E-state index in [1.54, 1.807) is 4.90 Å². The van der Waals surface area contributed by atoms with E-state index in [1.807, 2.05) is 38.1 Å². The molecule has 4 rings (SSSR count). The molecule has 0 radical (unpaired) electrons. The molecule has 33 heavy (non-hydrogen) atoms. The molecule has 1 aromatic carbocycles. The van der Waals surface area contributed by atoms with Gasteiger partial charge in [0, 0.05) is 54.6 Å². The molecule has 2 amide bonds. The SMILES string of the molecule is Cc1sc2nc(CCC(=O)NCC(=O)N3CCN(c4cccc(Cl)c4)CC3)[nH]c(=O)c2c1C. The number of thiophene rings is 1. The number of aryl methyl sites for hydroxylation is 3. The Labute approximate surface area is 200 Å². The minimum Gasteiger partial charge on any atom is -0.368 e. The Morgan fingerprint density at radius 2 is 1.97 bits per heavy atom. The fourth-order valence-corrected chi connectivity index (χ4v) is 5.14. The average molecular weight is 488 g/mol. The summed E-state index contributed by atoms with van der Waals surface area (Å²) in [5.41, 5.74) is 1.81. The largest absolute Gasteiger partial charge is 0.368 e. The van der Waals surface area contributed by atoms with Gasteiger partial charge in [0.2, 0.25) is 11.8 Å². The van der Waals surface area contributed by atoms with E-state index in [9.17, 15) is 14.4 Å². The molecule has 8 nitrogen and oxygen atoms in total. The van der Waals surface area contributed by atoms with Crippen molar-refractivity contribution in [3.63, 3.8) is 0 Å². The van der Waals surface area contributed by atoms with Crippen molar-refractivity contribution in [3.05, 3.63) is 55.9 Å². The van der Waals surface area contributed by atoms with Crippen LogP contribution in [-0.4, -0.2) is 59.4 Å². The first-order chi connectivity index (χ1) is 15.8. The maximum absolute atomic E-state index is 12.5. The van der Waals surface area contributed by atoms with Crippen LogP contribution in [0.25, 0.3) is 10.2 Å². The molecule has 10 heteroatoms. The highest BCUT2D eigenvalue weighted by molar-refractivity contribution is 7.18. The minimum atomic E-state index is -0.248. The van der Waals surface area contributed by atoms with Gasteiger partial charge in [0.05, 0.1) is 11.9 Å². The molecule has 0 unspecified atom stereocenters. The summed E-state index contributed by atoms with van der Waals surface area (Å²) in [5, 5.41) is 3.99. The molecular weight excluding hydrogens is 462 g/mol. The van der Waals surface area contributed by atoms with Crippen LogP contribution in [0, 0.1) is 13.8 Å². The van der Waals surface area contributed by atoms with Gasteiger partial charge in [0.15, 0.2) is 0 Å². The van der Waals surface area contributed by atoms with Gasteiger partial charge >= 0.3 is 0 Å². The molecule has 2 aromatic heterocycles. The Kier molecular flexibility index (Phi) is 6.99. The number of benzene rings is 1. The highest BCUT2D eigenvalue weighted by Gasteiger charge is 2.22. The molecule has 174 valence electrons. The normalized spacial score (nSPS) is 14.0. The Hall–Kier alpha value is -2.91. The smallest absolute Gasteiger partial charge is 0.259 e. The molecule has 1 aliphatic heterocycles. The summed E-state index contributed by atoms with van der Waals surface area (Å²) >= 11 is 7.55. The van der Waals surface area contributed by atoms with E-state index in [2.05, 4.69) is 20.2 Å². The number of anilines is 1. The van der Waals surface area contributed by atoms with Crippen LogP contribution in [0.15, 0.2) is 29.1 Å². The van der Waals surface area contributed by atoms with Crippen LogP contribution in [-0.2, 0) is 16.0 Å². The molecule has 0 spiro atoms. The van der Waals surface area contributed by atoms with Crippen LogP contribution in [0.1, 0.15) is 22.7 Å². The van der Waals surface area contributed by atoms with Crippen LogP contribution in [0.5, 0.6) is 0 Å². The Morgan fingerprint density at radius 1 is 1.21 bits per heavy atom. The van der Waals surface area contributed by atoms with E-state index in [0.29, 0.717) is 53.7 Å². The van der Waals surface area contributed by atoms with Crippen LogP contribution < -0.4 is 15.8 Å². The van der Waals surface area contributed by atoms with Gasteiger partial charge in [-0.25, -0.2) is 4.98 Å². The number of halogens is 1. The van der Waals surface area contributed by atoms with Gasteiger partial charge in [0.25, 0.3) is 5.56 Å². The van der Waals surface area contributed by atoms with Crippen molar-refractivity contribution in [3.8, 4) is 0 Å². The number of fused-ring (bicyclic) bond motifs is 1. The number of carbonyl (C=O) groups excluding carboxylic acids is 2. The zero-order chi connectivity index (χ0) is 23.5. The molecule has 1 aliphatic rings. The van der Waals surface area contributed by atoms with Crippen LogP contribution >= 0.6 is 22.9 Å². The molecular formula is C23H26ClN5O3S. The standard InChI is InChI=1S/C23H26ClN5O3S/c1-14-15(2)33-23-21(14)22(32)26-18(27-23)6-7-19(30)25-13-20(31)29-10-8-28(9-11-29)17-5-3-4-16(24)12-17/h3-5,12H,6-11,13H2,1-2H3,(H,25,30)(H,26,27,32). The van der Waals surface area contributed by atoms with Gasteiger partial charge in [-0.05, 0) is 37.6 Å². The molecule has 1 saturated heterocycles. The lowest BCUT2D eigenvalue weighted by Gasteiger charge is -2.36. The van der Waals surface area contributed by atoms with Gasteiger partial charge in [-0.3, -0.25) is 14.4 Å². The second kappa shape index (κ2) is 9.93. The Bertz CT molecular complexity index is 1250. The topological polar surface area (TPSA) is 98.4 Å². The molecule has 0 atom stereocenters. The number of aromatic nitrogens is 2. The van der Waals surface area contributed by atoms with Crippen LogP contribution in [0.4, 0.5) is 5.69 Å². The molecule has 0 bridgehead atoms. The number of hydrogen-bond donors (Lipinski definition) is 2. The maximum Gasteiger partial charge on any atom is 0.259 e. The maximum atomic E-state index is 12.5. The summed E-state index contributed by atoms with van der Waals surface area (Å²) in [4.78, 5) is 50.1. The van der Waals surface area contributed by atoms with E-state index >= 15 is 0 Å². The Morgan fingerprint density at radius 3 is 2.70 bits per heavy atom. The highest BCUT2D eigenvalue weighted by Crippen LogP contribution is 2.25.